The molecule has 0 N–H and O–H groups in total. The number of aromatic nitrogens is 1. The van der Waals surface area contributed by atoms with Gasteiger partial charge < -0.3 is 13.9 Å². The maximum Gasteiger partial charge on any atom is 0.271 e. The minimum Gasteiger partial charge on any atom is -0.493 e. The zero-order valence-corrected chi connectivity index (χ0v) is 25.0. The van der Waals surface area contributed by atoms with Crippen LogP contribution in [0.15, 0.2) is 92.6 Å². The normalized spacial score (nSPS) is 16.0. The third kappa shape index (κ3) is 4.49. The van der Waals surface area contributed by atoms with Gasteiger partial charge in [0.05, 0.1) is 35.5 Å². The number of thiazole rings is 1. The highest BCUT2D eigenvalue weighted by Gasteiger charge is 2.33. The number of benzene rings is 3. The number of rotatable bonds is 5. The highest BCUT2D eigenvalue weighted by molar-refractivity contribution is 7.07. The van der Waals surface area contributed by atoms with Gasteiger partial charge in [-0.3, -0.25) is 9.36 Å². The van der Waals surface area contributed by atoms with Crippen molar-refractivity contribution in [1.82, 2.24) is 4.57 Å². The number of furan rings is 1. The van der Waals surface area contributed by atoms with E-state index in [2.05, 4.69) is 18.2 Å². The van der Waals surface area contributed by atoms with Gasteiger partial charge in [0.2, 0.25) is 0 Å². The summed E-state index contributed by atoms with van der Waals surface area (Å²) in [5.74, 6) is 2.37. The summed E-state index contributed by atoms with van der Waals surface area (Å²) in [5, 5.41) is 1.04. The summed E-state index contributed by atoms with van der Waals surface area (Å²) in [6.45, 7) is 0. The third-order valence-corrected chi connectivity index (χ3v) is 9.22. The lowest BCUT2D eigenvalue weighted by Crippen LogP contribution is -2.38. The number of allylic oxidation sites excluding steroid dienone is 1. The third-order valence-electron chi connectivity index (χ3n) is 7.69. The molecule has 0 spiro atoms. The number of methoxy groups -OCH3 is 2. The van der Waals surface area contributed by atoms with Crippen molar-refractivity contribution in [2.24, 2.45) is 4.99 Å². The van der Waals surface area contributed by atoms with Gasteiger partial charge in [-0.05, 0) is 72.0 Å². The van der Waals surface area contributed by atoms with E-state index in [0.29, 0.717) is 42.4 Å². The molecule has 0 amide bonds. The molecular formula is C33H24Cl2N2O4S. The van der Waals surface area contributed by atoms with Gasteiger partial charge in [0.25, 0.3) is 5.56 Å². The van der Waals surface area contributed by atoms with Crippen LogP contribution in [0.25, 0.3) is 23.1 Å². The summed E-state index contributed by atoms with van der Waals surface area (Å²) < 4.78 is 19.5. The fourth-order valence-corrected chi connectivity index (χ4v) is 7.22. The Bertz CT molecular complexity index is 2090. The van der Waals surface area contributed by atoms with Crippen molar-refractivity contribution in [3.63, 3.8) is 0 Å². The molecule has 1 atom stereocenters. The Kier molecular flexibility index (Phi) is 6.81. The second-order valence-corrected chi connectivity index (χ2v) is 11.9. The van der Waals surface area contributed by atoms with Crippen LogP contribution < -0.4 is 24.4 Å². The zero-order chi connectivity index (χ0) is 29.0. The van der Waals surface area contributed by atoms with E-state index in [-0.39, 0.29) is 11.6 Å². The smallest absolute Gasteiger partial charge is 0.271 e. The van der Waals surface area contributed by atoms with Crippen LogP contribution in [0.3, 0.4) is 0 Å². The van der Waals surface area contributed by atoms with Gasteiger partial charge in [-0.2, -0.15) is 0 Å². The van der Waals surface area contributed by atoms with E-state index >= 15 is 0 Å². The minimum atomic E-state index is -0.341. The molecule has 0 unspecified atom stereocenters. The molecule has 0 fully saturated rings. The monoisotopic (exact) mass is 614 g/mol. The quantitative estimate of drug-likeness (QED) is 0.216. The molecule has 0 saturated carbocycles. The van der Waals surface area contributed by atoms with E-state index in [1.54, 1.807) is 37.0 Å². The number of hydrogen-bond acceptors (Lipinski definition) is 6. The fraction of sp³-hybridized carbons (Fsp3) is 0.152. The zero-order valence-electron chi connectivity index (χ0n) is 22.7. The van der Waals surface area contributed by atoms with Crippen molar-refractivity contribution in [2.45, 2.75) is 18.9 Å². The van der Waals surface area contributed by atoms with Crippen molar-refractivity contribution in [3.8, 4) is 22.8 Å². The molecule has 42 heavy (non-hydrogen) atoms. The van der Waals surface area contributed by atoms with Gasteiger partial charge in [0.1, 0.15) is 11.5 Å². The van der Waals surface area contributed by atoms with Gasteiger partial charge in [-0.25, -0.2) is 4.99 Å². The average molecular weight is 616 g/mol. The lowest BCUT2D eigenvalue weighted by atomic mass is 9.83. The first kappa shape index (κ1) is 26.8. The predicted octanol–water partition coefficient (Wildman–Crippen LogP) is 6.90. The Morgan fingerprint density at radius 3 is 2.60 bits per heavy atom. The first-order valence-corrected chi connectivity index (χ1v) is 14.9. The average Bonchev–Trinajstić information content (AvgIpc) is 3.59. The molecule has 9 heteroatoms. The SMILES string of the molecule is COc1ccc([C@@H]2C3=C(N=c4s/c(=C/c5ccc(-c6ccc(Cl)cc6Cl)o5)c(=O)n42)c2ccccc2CC3)cc1OC. The highest BCUT2D eigenvalue weighted by Crippen LogP contribution is 2.43. The minimum absolute atomic E-state index is 0.133. The van der Waals surface area contributed by atoms with Crippen LogP contribution in [-0.4, -0.2) is 18.8 Å². The van der Waals surface area contributed by atoms with Crippen LogP contribution in [0.2, 0.25) is 10.0 Å². The Balaban J connectivity index is 1.40. The molecule has 3 aromatic carbocycles. The molecule has 0 radical (unpaired) electrons. The summed E-state index contributed by atoms with van der Waals surface area (Å²) in [7, 11) is 3.23. The molecule has 3 heterocycles. The predicted molar refractivity (Wildman–Crippen MR) is 166 cm³/mol. The topological polar surface area (TPSA) is 66.0 Å². The first-order chi connectivity index (χ1) is 20.4. The molecule has 210 valence electrons. The first-order valence-electron chi connectivity index (χ1n) is 13.4. The molecule has 6 nitrogen and oxygen atoms in total. The van der Waals surface area contributed by atoms with Crippen LogP contribution in [0.1, 0.15) is 34.9 Å². The lowest BCUT2D eigenvalue weighted by Gasteiger charge is -2.31. The molecule has 2 aliphatic rings. The number of nitrogens with zero attached hydrogens (tertiary/aromatic N) is 2. The summed E-state index contributed by atoms with van der Waals surface area (Å²) in [4.78, 5) is 19.8. The van der Waals surface area contributed by atoms with Gasteiger partial charge >= 0.3 is 0 Å². The van der Waals surface area contributed by atoms with E-state index in [9.17, 15) is 4.79 Å². The van der Waals surface area contributed by atoms with E-state index in [4.69, 9.17) is 42.1 Å². The van der Waals surface area contributed by atoms with Crippen molar-refractivity contribution >= 4 is 46.3 Å². The van der Waals surface area contributed by atoms with Crippen molar-refractivity contribution in [2.75, 3.05) is 14.2 Å². The van der Waals surface area contributed by atoms with E-state index in [0.717, 1.165) is 40.8 Å². The standard InChI is InChI=1S/C33H24Cl2N2O4S/c1-39-27-13-8-19(15-28(27)40-2)31-24-11-7-18-5-3-4-6-22(18)30(24)36-33-37(31)32(38)29(42-33)17-21-10-14-26(41-21)23-12-9-20(34)16-25(23)35/h3-6,8-10,12-17,31H,7,11H2,1-2H3/b29-17+/t31-/m1/s1. The van der Waals surface area contributed by atoms with Crippen LogP contribution in [0.4, 0.5) is 0 Å². The van der Waals surface area contributed by atoms with Crippen LogP contribution >= 0.6 is 34.5 Å². The van der Waals surface area contributed by atoms with Crippen molar-refractivity contribution < 1.29 is 13.9 Å². The van der Waals surface area contributed by atoms with Crippen LogP contribution in [-0.2, 0) is 6.42 Å². The Labute approximate surface area is 255 Å². The van der Waals surface area contributed by atoms with Gasteiger partial charge in [0.15, 0.2) is 16.3 Å². The second kappa shape index (κ2) is 10.7. The van der Waals surface area contributed by atoms with Crippen molar-refractivity contribution in [1.29, 1.82) is 0 Å². The number of fused-ring (bicyclic) bond motifs is 3. The highest BCUT2D eigenvalue weighted by atomic mass is 35.5. The Hall–Kier alpha value is -4.04. The summed E-state index contributed by atoms with van der Waals surface area (Å²) in [6, 6.07) is 22.7. The summed E-state index contributed by atoms with van der Waals surface area (Å²) in [6.07, 6.45) is 3.43. The number of ether oxygens (including phenoxy) is 2. The lowest BCUT2D eigenvalue weighted by molar-refractivity contribution is 0.354. The molecule has 7 rings (SSSR count). The maximum atomic E-state index is 14.1. The Morgan fingerprint density at radius 2 is 1.79 bits per heavy atom. The van der Waals surface area contributed by atoms with E-state index in [1.165, 1.54) is 16.9 Å². The second-order valence-electron chi connectivity index (χ2n) is 10.1. The molecule has 1 aliphatic carbocycles. The molecule has 0 saturated heterocycles. The molecule has 0 bridgehead atoms. The number of aryl methyl sites for hydroxylation is 1. The van der Waals surface area contributed by atoms with Gasteiger partial charge in [-0.15, -0.1) is 0 Å². The fourth-order valence-electron chi connectivity index (χ4n) is 5.74. The van der Waals surface area contributed by atoms with Crippen molar-refractivity contribution in [3.05, 3.63) is 131 Å². The largest absolute Gasteiger partial charge is 0.493 e. The molecule has 1 aliphatic heterocycles. The van der Waals surface area contributed by atoms with Crippen LogP contribution in [0.5, 0.6) is 11.5 Å². The number of halogens is 2. The number of hydrogen-bond donors (Lipinski definition) is 0. The molecule has 2 aromatic heterocycles. The van der Waals surface area contributed by atoms with E-state index in [1.807, 2.05) is 42.5 Å². The van der Waals surface area contributed by atoms with E-state index < -0.39 is 0 Å². The van der Waals surface area contributed by atoms with Crippen LogP contribution in [0, 0.1) is 0 Å². The summed E-state index contributed by atoms with van der Waals surface area (Å²) >= 11 is 13.8. The maximum absolute atomic E-state index is 14.1. The molecular weight excluding hydrogens is 591 g/mol. The molecule has 5 aromatic rings. The Morgan fingerprint density at radius 1 is 0.952 bits per heavy atom. The van der Waals surface area contributed by atoms with Gasteiger partial charge in [-0.1, -0.05) is 64.9 Å². The van der Waals surface area contributed by atoms with Gasteiger partial charge in [0, 0.05) is 22.2 Å². The summed E-state index contributed by atoms with van der Waals surface area (Å²) in [5.41, 5.74) is 5.93.